The molecule has 0 fully saturated rings. The fraction of sp³-hybridized carbons (Fsp3) is 0.455. The number of methoxy groups -OCH3 is 1. The van der Waals surface area contributed by atoms with E-state index in [1.54, 1.807) is 7.11 Å². The van der Waals surface area contributed by atoms with Crippen LogP contribution in [0.5, 0.6) is 11.5 Å². The largest absolute Gasteiger partial charge is 0.497 e. The molecule has 13 heavy (non-hydrogen) atoms. The average molecular weight is 180 g/mol. The number of hydrogen-bond acceptors (Lipinski definition) is 2. The van der Waals surface area contributed by atoms with Gasteiger partial charge < -0.3 is 9.47 Å². The number of hydrogen-bond donors (Lipinski definition) is 0. The minimum Gasteiger partial charge on any atom is -0.497 e. The second-order valence-electron chi connectivity index (χ2n) is 3.03. The Bertz CT molecular complexity index is 269. The summed E-state index contributed by atoms with van der Waals surface area (Å²) >= 11 is 0. The van der Waals surface area contributed by atoms with Crippen molar-refractivity contribution in [3.63, 3.8) is 0 Å². The van der Waals surface area contributed by atoms with Gasteiger partial charge in [0.05, 0.1) is 13.7 Å². The Hall–Kier alpha value is -1.18. The van der Waals surface area contributed by atoms with Crippen LogP contribution in [-0.4, -0.2) is 13.7 Å². The van der Waals surface area contributed by atoms with Crippen molar-refractivity contribution in [1.82, 2.24) is 0 Å². The summed E-state index contributed by atoms with van der Waals surface area (Å²) < 4.78 is 10.6. The number of aryl methyl sites for hydroxylation is 1. The molecular weight excluding hydrogens is 164 g/mol. The lowest BCUT2D eigenvalue weighted by molar-refractivity contribution is 0.314. The number of rotatable bonds is 4. The first-order chi connectivity index (χ1) is 6.26. The highest BCUT2D eigenvalue weighted by atomic mass is 16.5. The Morgan fingerprint density at radius 3 is 2.46 bits per heavy atom. The molecule has 0 amide bonds. The van der Waals surface area contributed by atoms with Crippen LogP contribution in [0.25, 0.3) is 0 Å². The standard InChI is InChI=1S/C11H16O2/c1-4-5-13-11-7-9(2)6-10(8-11)12-3/h6-8H,4-5H2,1-3H3. The third kappa shape index (κ3) is 2.98. The van der Waals surface area contributed by atoms with E-state index in [9.17, 15) is 0 Å². The van der Waals surface area contributed by atoms with Gasteiger partial charge in [0.25, 0.3) is 0 Å². The van der Waals surface area contributed by atoms with Crippen molar-refractivity contribution in [2.24, 2.45) is 0 Å². The van der Waals surface area contributed by atoms with Gasteiger partial charge in [-0.2, -0.15) is 0 Å². The Kier molecular flexibility index (Phi) is 3.62. The van der Waals surface area contributed by atoms with Crippen molar-refractivity contribution in [1.29, 1.82) is 0 Å². The van der Waals surface area contributed by atoms with Gasteiger partial charge in [-0.3, -0.25) is 0 Å². The van der Waals surface area contributed by atoms with Gasteiger partial charge in [-0.25, -0.2) is 0 Å². The summed E-state index contributed by atoms with van der Waals surface area (Å²) in [6, 6.07) is 5.90. The lowest BCUT2D eigenvalue weighted by Gasteiger charge is -2.07. The van der Waals surface area contributed by atoms with Crippen LogP contribution in [0.15, 0.2) is 18.2 Å². The van der Waals surface area contributed by atoms with Crippen molar-refractivity contribution < 1.29 is 9.47 Å². The molecule has 0 saturated carbocycles. The van der Waals surface area contributed by atoms with E-state index in [0.29, 0.717) is 0 Å². The van der Waals surface area contributed by atoms with E-state index in [4.69, 9.17) is 9.47 Å². The van der Waals surface area contributed by atoms with E-state index in [1.165, 1.54) is 0 Å². The fourth-order valence-electron chi connectivity index (χ4n) is 1.14. The first-order valence-electron chi connectivity index (χ1n) is 4.54. The molecule has 0 unspecified atom stereocenters. The Labute approximate surface area is 79.5 Å². The molecule has 0 heterocycles. The zero-order valence-electron chi connectivity index (χ0n) is 8.46. The van der Waals surface area contributed by atoms with Crippen molar-refractivity contribution in [2.45, 2.75) is 20.3 Å². The summed E-state index contributed by atoms with van der Waals surface area (Å²) in [5, 5.41) is 0. The molecule has 0 N–H and O–H groups in total. The van der Waals surface area contributed by atoms with Crippen LogP contribution in [0.2, 0.25) is 0 Å². The van der Waals surface area contributed by atoms with E-state index >= 15 is 0 Å². The minimum absolute atomic E-state index is 0.757. The van der Waals surface area contributed by atoms with E-state index in [1.807, 2.05) is 25.1 Å². The van der Waals surface area contributed by atoms with Crippen LogP contribution >= 0.6 is 0 Å². The summed E-state index contributed by atoms with van der Waals surface area (Å²) in [5.74, 6) is 1.74. The van der Waals surface area contributed by atoms with Crippen LogP contribution in [0.4, 0.5) is 0 Å². The summed E-state index contributed by atoms with van der Waals surface area (Å²) in [4.78, 5) is 0. The molecular formula is C11H16O2. The maximum Gasteiger partial charge on any atom is 0.123 e. The van der Waals surface area contributed by atoms with Crippen LogP contribution in [-0.2, 0) is 0 Å². The van der Waals surface area contributed by atoms with E-state index in [-0.39, 0.29) is 0 Å². The normalized spacial score (nSPS) is 9.77. The lowest BCUT2D eigenvalue weighted by atomic mass is 10.2. The Morgan fingerprint density at radius 2 is 1.85 bits per heavy atom. The molecule has 0 aromatic heterocycles. The third-order valence-corrected chi connectivity index (χ3v) is 1.73. The van der Waals surface area contributed by atoms with Crippen molar-refractivity contribution in [3.05, 3.63) is 23.8 Å². The van der Waals surface area contributed by atoms with Crippen molar-refractivity contribution in [2.75, 3.05) is 13.7 Å². The molecule has 2 heteroatoms. The highest BCUT2D eigenvalue weighted by Gasteiger charge is 1.98. The average Bonchev–Trinajstić information content (AvgIpc) is 2.14. The molecule has 0 saturated heterocycles. The molecule has 0 aliphatic rings. The monoisotopic (exact) mass is 180 g/mol. The van der Waals surface area contributed by atoms with E-state index < -0.39 is 0 Å². The van der Waals surface area contributed by atoms with Crippen LogP contribution in [0.1, 0.15) is 18.9 Å². The summed E-state index contributed by atoms with van der Waals surface area (Å²) in [6.07, 6.45) is 1.02. The second-order valence-corrected chi connectivity index (χ2v) is 3.03. The van der Waals surface area contributed by atoms with Gasteiger partial charge in [-0.1, -0.05) is 6.92 Å². The molecule has 0 radical (unpaired) electrons. The molecule has 0 bridgehead atoms. The maximum absolute atomic E-state index is 5.50. The quantitative estimate of drug-likeness (QED) is 0.709. The predicted octanol–water partition coefficient (Wildman–Crippen LogP) is 2.79. The zero-order chi connectivity index (χ0) is 9.68. The summed E-state index contributed by atoms with van der Waals surface area (Å²) in [5.41, 5.74) is 1.16. The lowest BCUT2D eigenvalue weighted by Crippen LogP contribution is -1.95. The third-order valence-electron chi connectivity index (χ3n) is 1.73. The fourth-order valence-corrected chi connectivity index (χ4v) is 1.14. The van der Waals surface area contributed by atoms with Crippen molar-refractivity contribution >= 4 is 0 Å². The summed E-state index contributed by atoms with van der Waals surface area (Å²) in [6.45, 7) is 4.88. The molecule has 2 nitrogen and oxygen atoms in total. The molecule has 1 aromatic carbocycles. The van der Waals surface area contributed by atoms with Crippen LogP contribution < -0.4 is 9.47 Å². The highest BCUT2D eigenvalue weighted by Crippen LogP contribution is 2.22. The van der Waals surface area contributed by atoms with Crippen molar-refractivity contribution in [3.8, 4) is 11.5 Å². The number of ether oxygens (including phenoxy) is 2. The van der Waals surface area contributed by atoms with Gasteiger partial charge in [0, 0.05) is 6.07 Å². The van der Waals surface area contributed by atoms with Gasteiger partial charge in [0.15, 0.2) is 0 Å². The molecule has 72 valence electrons. The maximum atomic E-state index is 5.50. The predicted molar refractivity (Wildman–Crippen MR) is 53.5 cm³/mol. The molecule has 0 spiro atoms. The van der Waals surface area contributed by atoms with Gasteiger partial charge in [0.2, 0.25) is 0 Å². The highest BCUT2D eigenvalue weighted by molar-refractivity contribution is 5.37. The summed E-state index contributed by atoms with van der Waals surface area (Å²) in [7, 11) is 1.67. The van der Waals surface area contributed by atoms with Gasteiger partial charge in [-0.15, -0.1) is 0 Å². The van der Waals surface area contributed by atoms with Gasteiger partial charge in [-0.05, 0) is 31.0 Å². The smallest absolute Gasteiger partial charge is 0.123 e. The Morgan fingerprint density at radius 1 is 1.15 bits per heavy atom. The van der Waals surface area contributed by atoms with Gasteiger partial charge >= 0.3 is 0 Å². The molecule has 1 aromatic rings. The van der Waals surface area contributed by atoms with Crippen LogP contribution in [0.3, 0.4) is 0 Å². The van der Waals surface area contributed by atoms with Crippen LogP contribution in [0, 0.1) is 6.92 Å². The second kappa shape index (κ2) is 4.75. The van der Waals surface area contributed by atoms with E-state index in [2.05, 4.69) is 6.92 Å². The topological polar surface area (TPSA) is 18.5 Å². The first kappa shape index (κ1) is 9.90. The first-order valence-corrected chi connectivity index (χ1v) is 4.54. The Balaban J connectivity index is 2.76. The SMILES string of the molecule is CCCOc1cc(C)cc(OC)c1. The number of benzene rings is 1. The molecule has 1 rings (SSSR count). The van der Waals surface area contributed by atoms with E-state index in [0.717, 1.165) is 30.1 Å². The molecule has 0 aliphatic carbocycles. The minimum atomic E-state index is 0.757. The molecule has 0 aliphatic heterocycles. The zero-order valence-corrected chi connectivity index (χ0v) is 8.46. The molecule has 0 atom stereocenters. The van der Waals surface area contributed by atoms with Gasteiger partial charge in [0.1, 0.15) is 11.5 Å².